The van der Waals surface area contributed by atoms with Gasteiger partial charge in [0, 0.05) is 11.4 Å². The molecule has 0 aliphatic rings. The smallest absolute Gasteiger partial charge is 0.0992 e. The molecule has 0 atom stereocenters. The lowest BCUT2D eigenvalue weighted by Crippen LogP contribution is -1.99. The van der Waals surface area contributed by atoms with Gasteiger partial charge in [-0.2, -0.15) is 5.26 Å². The molecule has 1 aromatic heterocycles. The largest absolute Gasteiger partial charge is 0.379 e. The van der Waals surface area contributed by atoms with Crippen LogP contribution in [-0.4, -0.2) is 0 Å². The number of rotatable bonds is 3. The second-order valence-electron chi connectivity index (χ2n) is 3.69. The van der Waals surface area contributed by atoms with Gasteiger partial charge in [-0.25, -0.2) is 0 Å². The molecule has 2 nitrogen and oxygen atoms in total. The van der Waals surface area contributed by atoms with E-state index in [1.54, 1.807) is 23.5 Å². The van der Waals surface area contributed by atoms with Crippen LogP contribution in [0, 0.1) is 18.3 Å². The van der Waals surface area contributed by atoms with Crippen molar-refractivity contribution in [2.45, 2.75) is 13.5 Å². The average Bonchev–Trinajstić information content (AvgIpc) is 2.73. The predicted molar refractivity (Wildman–Crippen MR) is 72.5 cm³/mol. The van der Waals surface area contributed by atoms with E-state index in [-0.39, 0.29) is 0 Å². The van der Waals surface area contributed by atoms with Crippen molar-refractivity contribution in [1.82, 2.24) is 0 Å². The van der Waals surface area contributed by atoms with Crippen LogP contribution in [-0.2, 0) is 6.54 Å². The molecule has 0 amide bonds. The van der Waals surface area contributed by atoms with E-state index >= 15 is 0 Å². The molecular formula is C13H11ClN2S. The van der Waals surface area contributed by atoms with Crippen molar-refractivity contribution in [3.63, 3.8) is 0 Å². The zero-order valence-corrected chi connectivity index (χ0v) is 10.9. The number of thiophene rings is 1. The summed E-state index contributed by atoms with van der Waals surface area (Å²) < 4.78 is 0. The molecule has 1 N–H and O–H groups in total. The van der Waals surface area contributed by atoms with Crippen molar-refractivity contribution in [3.05, 3.63) is 50.7 Å². The molecule has 0 radical (unpaired) electrons. The Hall–Kier alpha value is -1.50. The minimum atomic E-state index is 0.577. The molecule has 0 aliphatic heterocycles. The summed E-state index contributed by atoms with van der Waals surface area (Å²) in [7, 11) is 0. The number of nitrogens with one attached hydrogen (secondary N) is 1. The summed E-state index contributed by atoms with van der Waals surface area (Å²) in [6.45, 7) is 2.85. The summed E-state index contributed by atoms with van der Waals surface area (Å²) in [6.07, 6.45) is 0. The van der Waals surface area contributed by atoms with Crippen LogP contribution < -0.4 is 5.32 Å². The summed E-state index contributed by atoms with van der Waals surface area (Å²) >= 11 is 7.80. The number of nitrogens with zero attached hydrogens (tertiary/aromatic N) is 1. The Morgan fingerprint density at radius 2 is 2.24 bits per heavy atom. The van der Waals surface area contributed by atoms with Crippen molar-refractivity contribution >= 4 is 28.6 Å². The molecule has 0 saturated heterocycles. The van der Waals surface area contributed by atoms with Crippen LogP contribution in [0.1, 0.15) is 16.0 Å². The molecule has 0 bridgehead atoms. The van der Waals surface area contributed by atoms with E-state index in [4.69, 9.17) is 16.9 Å². The zero-order valence-electron chi connectivity index (χ0n) is 9.33. The Morgan fingerprint density at radius 3 is 2.82 bits per heavy atom. The fraction of sp³-hybridized carbons (Fsp3) is 0.154. The van der Waals surface area contributed by atoms with Gasteiger partial charge in [0.15, 0.2) is 0 Å². The standard InChI is InChI=1S/C13H11ClN2S/c1-9-4-5-17-13(9)8-16-12-3-2-10(7-15)6-11(12)14/h2-6,16H,8H2,1H3. The molecule has 0 unspecified atom stereocenters. The van der Waals surface area contributed by atoms with Gasteiger partial charge in [0.2, 0.25) is 0 Å². The maximum absolute atomic E-state index is 8.74. The van der Waals surface area contributed by atoms with E-state index in [1.165, 1.54) is 10.4 Å². The normalized spacial score (nSPS) is 9.94. The monoisotopic (exact) mass is 262 g/mol. The van der Waals surface area contributed by atoms with Gasteiger partial charge in [-0.1, -0.05) is 11.6 Å². The summed E-state index contributed by atoms with van der Waals surface area (Å²) in [5, 5.41) is 14.7. The van der Waals surface area contributed by atoms with Crippen LogP contribution in [0.4, 0.5) is 5.69 Å². The summed E-state index contributed by atoms with van der Waals surface area (Å²) in [4.78, 5) is 1.30. The first-order valence-electron chi connectivity index (χ1n) is 5.17. The van der Waals surface area contributed by atoms with Gasteiger partial charge in [-0.15, -0.1) is 11.3 Å². The number of benzene rings is 1. The third kappa shape index (κ3) is 2.79. The molecule has 0 aliphatic carbocycles. The first-order chi connectivity index (χ1) is 8.20. The number of hydrogen-bond acceptors (Lipinski definition) is 3. The molecule has 1 aromatic carbocycles. The second kappa shape index (κ2) is 5.22. The van der Waals surface area contributed by atoms with Crippen LogP contribution in [0.15, 0.2) is 29.6 Å². The van der Waals surface area contributed by atoms with E-state index in [0.29, 0.717) is 10.6 Å². The molecule has 0 fully saturated rings. The lowest BCUT2D eigenvalue weighted by atomic mass is 10.2. The highest BCUT2D eigenvalue weighted by molar-refractivity contribution is 7.10. The van der Waals surface area contributed by atoms with Crippen molar-refractivity contribution in [2.24, 2.45) is 0 Å². The van der Waals surface area contributed by atoms with Crippen LogP contribution >= 0.6 is 22.9 Å². The molecule has 2 rings (SSSR count). The Morgan fingerprint density at radius 1 is 1.41 bits per heavy atom. The van der Waals surface area contributed by atoms with Gasteiger partial charge in [-0.05, 0) is 42.1 Å². The minimum absolute atomic E-state index is 0.577. The van der Waals surface area contributed by atoms with Crippen LogP contribution in [0.2, 0.25) is 5.02 Å². The van der Waals surface area contributed by atoms with Crippen LogP contribution in [0.25, 0.3) is 0 Å². The number of nitriles is 1. The Balaban J connectivity index is 2.10. The second-order valence-corrected chi connectivity index (χ2v) is 5.09. The van der Waals surface area contributed by atoms with Crippen molar-refractivity contribution in [3.8, 4) is 6.07 Å². The highest BCUT2D eigenvalue weighted by Crippen LogP contribution is 2.24. The Bertz CT molecular complexity index is 569. The highest BCUT2D eigenvalue weighted by Gasteiger charge is 2.03. The first kappa shape index (κ1) is 12.0. The number of aryl methyl sites for hydroxylation is 1. The van der Waals surface area contributed by atoms with Gasteiger partial charge in [0.1, 0.15) is 0 Å². The SMILES string of the molecule is Cc1ccsc1CNc1ccc(C#N)cc1Cl. The van der Waals surface area contributed by atoms with Gasteiger partial charge in [0.25, 0.3) is 0 Å². The van der Waals surface area contributed by atoms with E-state index in [9.17, 15) is 0 Å². The molecule has 0 saturated carbocycles. The number of hydrogen-bond donors (Lipinski definition) is 1. The van der Waals surface area contributed by atoms with Gasteiger partial charge in [0.05, 0.1) is 22.3 Å². The van der Waals surface area contributed by atoms with Gasteiger partial charge in [-0.3, -0.25) is 0 Å². The molecule has 1 heterocycles. The van der Waals surface area contributed by atoms with E-state index < -0.39 is 0 Å². The van der Waals surface area contributed by atoms with Crippen molar-refractivity contribution in [2.75, 3.05) is 5.32 Å². The zero-order chi connectivity index (χ0) is 12.3. The lowest BCUT2D eigenvalue weighted by molar-refractivity contribution is 1.17. The fourth-order valence-electron chi connectivity index (χ4n) is 1.49. The van der Waals surface area contributed by atoms with E-state index in [0.717, 1.165) is 12.2 Å². The third-order valence-electron chi connectivity index (χ3n) is 2.51. The maximum Gasteiger partial charge on any atom is 0.0992 e. The molecule has 0 spiro atoms. The Kier molecular flexibility index (Phi) is 3.68. The summed E-state index contributed by atoms with van der Waals surface area (Å²) in [6, 6.07) is 9.43. The first-order valence-corrected chi connectivity index (χ1v) is 6.43. The molecular weight excluding hydrogens is 252 g/mol. The topological polar surface area (TPSA) is 35.8 Å². The van der Waals surface area contributed by atoms with E-state index in [1.807, 2.05) is 6.07 Å². The number of anilines is 1. The van der Waals surface area contributed by atoms with Crippen molar-refractivity contribution < 1.29 is 0 Å². The van der Waals surface area contributed by atoms with Crippen molar-refractivity contribution in [1.29, 1.82) is 5.26 Å². The predicted octanol–water partition coefficient (Wildman–Crippen LogP) is 4.19. The van der Waals surface area contributed by atoms with Gasteiger partial charge < -0.3 is 5.32 Å². The average molecular weight is 263 g/mol. The summed E-state index contributed by atoms with van der Waals surface area (Å²) in [5.41, 5.74) is 2.72. The van der Waals surface area contributed by atoms with Crippen LogP contribution in [0.5, 0.6) is 0 Å². The van der Waals surface area contributed by atoms with E-state index in [2.05, 4.69) is 29.8 Å². The Labute approximate surface area is 109 Å². The fourth-order valence-corrected chi connectivity index (χ4v) is 2.58. The molecule has 2 aromatic rings. The number of halogens is 1. The minimum Gasteiger partial charge on any atom is -0.379 e. The third-order valence-corrected chi connectivity index (χ3v) is 3.84. The maximum atomic E-state index is 8.74. The quantitative estimate of drug-likeness (QED) is 0.900. The molecule has 86 valence electrons. The highest BCUT2D eigenvalue weighted by atomic mass is 35.5. The lowest BCUT2D eigenvalue weighted by Gasteiger charge is -2.08. The summed E-state index contributed by atoms with van der Waals surface area (Å²) in [5.74, 6) is 0. The van der Waals surface area contributed by atoms with Crippen LogP contribution in [0.3, 0.4) is 0 Å². The van der Waals surface area contributed by atoms with Gasteiger partial charge >= 0.3 is 0 Å². The molecule has 17 heavy (non-hydrogen) atoms. The molecule has 4 heteroatoms.